The lowest BCUT2D eigenvalue weighted by molar-refractivity contribution is 0.0598. The number of fused-ring (bicyclic) bond motifs is 2. The molecule has 0 saturated carbocycles. The molecule has 0 amide bonds. The summed E-state index contributed by atoms with van der Waals surface area (Å²) >= 11 is 0. The molecule has 6 rings (SSSR count). The number of halogens is 1. The highest BCUT2D eigenvalue weighted by molar-refractivity contribution is 5.90. The molecule has 0 aliphatic carbocycles. The minimum atomic E-state index is -0.609. The van der Waals surface area contributed by atoms with Gasteiger partial charge in [-0.2, -0.15) is 0 Å². The average molecular weight is 568 g/mol. The van der Waals surface area contributed by atoms with Crippen LogP contribution in [0.1, 0.15) is 30.2 Å². The van der Waals surface area contributed by atoms with Crippen molar-refractivity contribution in [3.63, 3.8) is 0 Å². The lowest BCUT2D eigenvalue weighted by Crippen LogP contribution is -2.40. The van der Waals surface area contributed by atoms with Crippen LogP contribution < -0.4 is 9.47 Å². The summed E-state index contributed by atoms with van der Waals surface area (Å²) < 4.78 is 23.2. The fraction of sp³-hybridized carbons (Fsp3) is 0.333. The van der Waals surface area contributed by atoms with Gasteiger partial charge in [0.1, 0.15) is 29.8 Å². The van der Waals surface area contributed by atoms with Gasteiger partial charge in [0.2, 0.25) is 5.89 Å². The van der Waals surface area contributed by atoms with Crippen LogP contribution in [0.2, 0.25) is 0 Å². The first-order chi connectivity index (χ1) is 18.6. The van der Waals surface area contributed by atoms with Gasteiger partial charge in [0, 0.05) is 24.9 Å². The Kier molecular flexibility index (Phi) is 9.32. The monoisotopic (exact) mass is 567 g/mol. The molecule has 10 heteroatoms. The highest BCUT2D eigenvalue weighted by Crippen LogP contribution is 2.39. The second-order valence-corrected chi connectivity index (χ2v) is 9.85. The van der Waals surface area contributed by atoms with Crippen molar-refractivity contribution in [1.82, 2.24) is 15.1 Å². The highest BCUT2D eigenvalue weighted by Gasteiger charge is 2.25. The van der Waals surface area contributed by atoms with Crippen molar-refractivity contribution in [1.29, 1.82) is 0 Å². The first-order valence-electron chi connectivity index (χ1n) is 13.0. The molecule has 3 aromatic carbocycles. The number of benzene rings is 3. The van der Waals surface area contributed by atoms with E-state index in [4.69, 9.17) is 18.3 Å². The molecule has 5 aromatic rings. The van der Waals surface area contributed by atoms with Gasteiger partial charge < -0.3 is 33.8 Å². The maximum Gasteiger partial charge on any atom is 0.283 e. The predicted octanol–water partition coefficient (Wildman–Crippen LogP) is 5.17. The molecule has 40 heavy (non-hydrogen) atoms. The van der Waals surface area contributed by atoms with E-state index in [1.165, 1.54) is 10.9 Å². The van der Waals surface area contributed by atoms with Crippen LogP contribution in [0.15, 0.2) is 69.5 Å². The number of aromatic nitrogens is 2. The molecule has 0 radical (unpaired) electrons. The number of methoxy groups -OCH3 is 1. The summed E-state index contributed by atoms with van der Waals surface area (Å²) in [5.74, 6) is 3.36. The van der Waals surface area contributed by atoms with Crippen LogP contribution in [0.4, 0.5) is 0 Å². The predicted molar refractivity (Wildman–Crippen MR) is 156 cm³/mol. The van der Waals surface area contributed by atoms with Crippen LogP contribution in [0.25, 0.3) is 33.4 Å². The number of likely N-dealkylation sites (tertiary alicyclic amines) is 1. The van der Waals surface area contributed by atoms with E-state index in [1.807, 2.05) is 24.3 Å². The molecular weight excluding hydrogens is 534 g/mol. The average Bonchev–Trinajstić information content (AvgIpc) is 3.58. The number of piperidine rings is 1. The van der Waals surface area contributed by atoms with Crippen molar-refractivity contribution < 1.29 is 28.9 Å². The molecule has 0 bridgehead atoms. The van der Waals surface area contributed by atoms with Crippen molar-refractivity contribution in [2.45, 2.75) is 31.8 Å². The number of aliphatic hydroxyl groups excluding tert-OH is 1. The Labute approximate surface area is 238 Å². The van der Waals surface area contributed by atoms with E-state index < -0.39 is 6.10 Å². The Morgan fingerprint density at radius 2 is 1.80 bits per heavy atom. The fourth-order valence-corrected chi connectivity index (χ4v) is 5.43. The van der Waals surface area contributed by atoms with E-state index in [-0.39, 0.29) is 24.5 Å². The van der Waals surface area contributed by atoms with Gasteiger partial charge in [0.25, 0.3) is 5.89 Å². The van der Waals surface area contributed by atoms with E-state index in [9.17, 15) is 5.11 Å². The molecule has 9 nitrogen and oxygen atoms in total. The smallest absolute Gasteiger partial charge is 0.283 e. The lowest BCUT2D eigenvalue weighted by Gasteiger charge is -2.34. The van der Waals surface area contributed by atoms with Gasteiger partial charge in [-0.05, 0) is 54.9 Å². The third-order valence-electron chi connectivity index (χ3n) is 7.30. The van der Waals surface area contributed by atoms with Crippen LogP contribution in [0.5, 0.6) is 11.5 Å². The Hall–Kier alpha value is -3.63. The third kappa shape index (κ3) is 5.93. The molecule has 0 unspecified atom stereocenters. The summed E-state index contributed by atoms with van der Waals surface area (Å²) in [4.78, 5) is 2.31. The minimum absolute atomic E-state index is 0. The standard InChI is InChI=1S/C30H31N3O5.ClH.H2O/c1-19-31-32-30(37-19)28-16-25-26(8-5-9-27(25)38-28)36-18-22(34)17-33-14-12-21(13-15-33)24-11-10-20-6-3-4-7-23(20)29(24)35-2;;/h3-11,16,21-22,34H,12-15,17-18H2,1-2H3;1H;1H2/t22-;;/m0../s1. The molecular formula is C30H34ClN3O6. The molecule has 1 saturated heterocycles. The lowest BCUT2D eigenvalue weighted by atomic mass is 9.87. The summed E-state index contributed by atoms with van der Waals surface area (Å²) in [6.07, 6.45) is 1.44. The summed E-state index contributed by atoms with van der Waals surface area (Å²) in [5.41, 5.74) is 1.94. The van der Waals surface area contributed by atoms with Gasteiger partial charge in [0.05, 0.1) is 12.5 Å². The van der Waals surface area contributed by atoms with Crippen molar-refractivity contribution in [2.75, 3.05) is 33.4 Å². The highest BCUT2D eigenvalue weighted by atomic mass is 35.5. The second kappa shape index (κ2) is 12.7. The number of aryl methyl sites for hydroxylation is 1. The number of ether oxygens (including phenoxy) is 2. The maximum atomic E-state index is 10.8. The van der Waals surface area contributed by atoms with Crippen molar-refractivity contribution in [3.05, 3.63) is 72.1 Å². The number of hydrogen-bond donors (Lipinski definition) is 1. The molecule has 1 aliphatic rings. The number of aliphatic hydroxyl groups is 1. The number of β-amino-alcohol motifs (C(OH)–C–C–N with tert-alkyl or cyclic N) is 1. The van der Waals surface area contributed by atoms with Crippen LogP contribution in [0, 0.1) is 6.92 Å². The normalized spacial score (nSPS) is 15.0. The molecule has 212 valence electrons. The Balaban J connectivity index is 0.00000185. The van der Waals surface area contributed by atoms with Gasteiger partial charge in [0.15, 0.2) is 5.76 Å². The van der Waals surface area contributed by atoms with E-state index in [0.29, 0.717) is 41.3 Å². The van der Waals surface area contributed by atoms with E-state index in [2.05, 4.69) is 51.5 Å². The summed E-state index contributed by atoms with van der Waals surface area (Å²) in [7, 11) is 1.76. The van der Waals surface area contributed by atoms with Gasteiger partial charge in [-0.1, -0.05) is 42.5 Å². The van der Waals surface area contributed by atoms with Gasteiger partial charge in [-0.25, -0.2) is 0 Å². The van der Waals surface area contributed by atoms with Crippen molar-refractivity contribution in [2.24, 2.45) is 0 Å². The van der Waals surface area contributed by atoms with Crippen molar-refractivity contribution in [3.8, 4) is 23.1 Å². The SMILES string of the molecule is COc1c(C2CCN(C[C@H](O)COc3cccc4oc(-c5nnc(C)o5)cc34)CC2)ccc2ccccc12.Cl.O. The van der Waals surface area contributed by atoms with E-state index >= 15 is 0 Å². The summed E-state index contributed by atoms with van der Waals surface area (Å²) in [6.45, 7) is 4.33. The van der Waals surface area contributed by atoms with Gasteiger partial charge in [-0.3, -0.25) is 0 Å². The first kappa shape index (κ1) is 29.4. The number of hydrogen-bond acceptors (Lipinski definition) is 8. The van der Waals surface area contributed by atoms with Gasteiger partial charge in [-0.15, -0.1) is 22.6 Å². The van der Waals surface area contributed by atoms with Crippen LogP contribution in [0.3, 0.4) is 0 Å². The number of nitrogens with zero attached hydrogens (tertiary/aromatic N) is 3. The number of furan rings is 1. The molecule has 1 aliphatic heterocycles. The maximum absolute atomic E-state index is 10.8. The summed E-state index contributed by atoms with van der Waals surface area (Å²) in [5, 5.41) is 21.8. The Morgan fingerprint density at radius 1 is 1.00 bits per heavy atom. The largest absolute Gasteiger partial charge is 0.496 e. The first-order valence-corrected chi connectivity index (χ1v) is 13.0. The molecule has 0 spiro atoms. The van der Waals surface area contributed by atoms with Gasteiger partial charge >= 0.3 is 0 Å². The van der Waals surface area contributed by atoms with E-state index in [1.54, 1.807) is 14.0 Å². The molecule has 1 fully saturated rings. The zero-order valence-electron chi connectivity index (χ0n) is 22.5. The zero-order chi connectivity index (χ0) is 26.1. The van der Waals surface area contributed by atoms with Crippen LogP contribution >= 0.6 is 12.4 Å². The quantitative estimate of drug-likeness (QED) is 0.272. The summed E-state index contributed by atoms with van der Waals surface area (Å²) in [6, 6.07) is 20.2. The molecule has 2 aromatic heterocycles. The fourth-order valence-electron chi connectivity index (χ4n) is 5.43. The molecule has 3 heterocycles. The zero-order valence-corrected chi connectivity index (χ0v) is 23.3. The van der Waals surface area contributed by atoms with Crippen LogP contribution in [-0.2, 0) is 0 Å². The Bertz CT molecular complexity index is 1560. The number of rotatable bonds is 8. The Morgan fingerprint density at radius 3 is 2.55 bits per heavy atom. The third-order valence-corrected chi connectivity index (χ3v) is 7.30. The van der Waals surface area contributed by atoms with Crippen LogP contribution in [-0.4, -0.2) is 65.1 Å². The molecule has 3 N–H and O–H groups in total. The van der Waals surface area contributed by atoms with E-state index in [0.717, 1.165) is 42.5 Å². The topological polar surface area (TPSA) is 125 Å². The second-order valence-electron chi connectivity index (χ2n) is 9.85. The molecule has 1 atom stereocenters. The minimum Gasteiger partial charge on any atom is -0.496 e. The van der Waals surface area contributed by atoms with Crippen molar-refractivity contribution >= 4 is 34.1 Å².